The number of fused-ring (bicyclic) bond motifs is 8. The van der Waals surface area contributed by atoms with Gasteiger partial charge in [0.25, 0.3) is 0 Å². The minimum atomic E-state index is 0.326. The van der Waals surface area contributed by atoms with Crippen molar-refractivity contribution < 1.29 is 23.4 Å². The van der Waals surface area contributed by atoms with Crippen molar-refractivity contribution in [2.24, 2.45) is 0 Å². The van der Waals surface area contributed by atoms with E-state index >= 15 is 0 Å². The molecule has 4 aliphatic rings. The Bertz CT molecular complexity index is 847. The van der Waals surface area contributed by atoms with Gasteiger partial charge in [-0.05, 0) is 35.4 Å². The van der Waals surface area contributed by atoms with Crippen LogP contribution < -0.4 is 18.9 Å². The molecule has 5 nitrogen and oxygen atoms in total. The van der Waals surface area contributed by atoms with E-state index in [-0.39, 0.29) is 0 Å². The second-order valence-corrected chi connectivity index (χ2v) is 7.88. The van der Waals surface area contributed by atoms with Gasteiger partial charge in [-0.1, -0.05) is 0 Å². The van der Waals surface area contributed by atoms with Crippen LogP contribution >= 0.6 is 0 Å². The highest BCUT2D eigenvalue weighted by Gasteiger charge is 2.49. The van der Waals surface area contributed by atoms with Gasteiger partial charge < -0.3 is 23.4 Å². The first-order valence-corrected chi connectivity index (χ1v) is 8.79. The lowest BCUT2D eigenvalue weighted by molar-refractivity contribution is -0.955. The van der Waals surface area contributed by atoms with Crippen LogP contribution in [-0.4, -0.2) is 32.2 Å². The fourth-order valence-corrected chi connectivity index (χ4v) is 5.01. The molecule has 0 amide bonds. The third-order valence-electron chi connectivity index (χ3n) is 6.42. The third-order valence-corrected chi connectivity index (χ3v) is 6.42. The molecule has 0 N–H and O–H groups in total. The highest BCUT2D eigenvalue weighted by atomic mass is 16.7. The van der Waals surface area contributed by atoms with Gasteiger partial charge in [0.15, 0.2) is 23.0 Å². The van der Waals surface area contributed by atoms with Gasteiger partial charge in [0, 0.05) is 24.0 Å². The van der Waals surface area contributed by atoms with Crippen LogP contribution in [0.15, 0.2) is 24.3 Å². The maximum atomic E-state index is 5.63. The van der Waals surface area contributed by atoms with Crippen molar-refractivity contribution >= 4 is 0 Å². The molecule has 2 atom stereocenters. The molecule has 0 fully saturated rings. The van der Waals surface area contributed by atoms with E-state index in [1.54, 1.807) is 0 Å². The van der Waals surface area contributed by atoms with Crippen molar-refractivity contribution in [2.45, 2.75) is 24.9 Å². The number of benzene rings is 2. The van der Waals surface area contributed by atoms with E-state index in [1.165, 1.54) is 22.3 Å². The van der Waals surface area contributed by atoms with E-state index < -0.39 is 0 Å². The Morgan fingerprint density at radius 3 is 1.52 bits per heavy atom. The van der Waals surface area contributed by atoms with Gasteiger partial charge in [0.05, 0.1) is 14.1 Å². The summed E-state index contributed by atoms with van der Waals surface area (Å²) in [5.74, 6) is 3.53. The van der Waals surface area contributed by atoms with E-state index in [4.69, 9.17) is 18.9 Å². The molecule has 128 valence electrons. The van der Waals surface area contributed by atoms with Gasteiger partial charge in [-0.3, -0.25) is 0 Å². The summed E-state index contributed by atoms with van der Waals surface area (Å²) in [7, 11) is 4.69. The van der Waals surface area contributed by atoms with Gasteiger partial charge in [-0.15, -0.1) is 0 Å². The number of hydrogen-bond acceptors (Lipinski definition) is 4. The average molecular weight is 338 g/mol. The second-order valence-electron chi connectivity index (χ2n) is 7.88. The quantitative estimate of drug-likeness (QED) is 0.692. The molecule has 0 aromatic heterocycles. The van der Waals surface area contributed by atoms with E-state index in [0.717, 1.165) is 40.3 Å². The van der Waals surface area contributed by atoms with Crippen molar-refractivity contribution in [1.82, 2.24) is 0 Å². The Hall–Kier alpha value is -2.40. The predicted octanol–water partition coefficient (Wildman–Crippen LogP) is 3.12. The van der Waals surface area contributed by atoms with Crippen molar-refractivity contribution in [2.75, 3.05) is 27.7 Å². The maximum Gasteiger partial charge on any atom is 0.231 e. The van der Waals surface area contributed by atoms with Crippen molar-refractivity contribution in [1.29, 1.82) is 0 Å². The molecular formula is C20H20NO4+. The third kappa shape index (κ3) is 1.71. The average Bonchev–Trinajstić information content (AvgIpc) is 3.21. The van der Waals surface area contributed by atoms with Crippen LogP contribution in [-0.2, 0) is 12.8 Å². The molecule has 5 heteroatoms. The van der Waals surface area contributed by atoms with E-state index in [0.29, 0.717) is 25.7 Å². The summed E-state index contributed by atoms with van der Waals surface area (Å²) < 4.78 is 23.4. The summed E-state index contributed by atoms with van der Waals surface area (Å²) >= 11 is 0. The molecule has 4 aliphatic heterocycles. The molecule has 4 heterocycles. The molecule has 6 rings (SSSR count). The lowest BCUT2D eigenvalue weighted by Gasteiger charge is -2.52. The van der Waals surface area contributed by atoms with Crippen molar-refractivity contribution in [3.63, 3.8) is 0 Å². The first-order chi connectivity index (χ1) is 12.1. The van der Waals surface area contributed by atoms with Gasteiger partial charge in [0.2, 0.25) is 13.6 Å². The predicted molar refractivity (Wildman–Crippen MR) is 90.1 cm³/mol. The molecule has 2 unspecified atom stereocenters. The summed E-state index contributed by atoms with van der Waals surface area (Å²) in [6, 6.07) is 9.61. The zero-order chi connectivity index (χ0) is 16.8. The number of nitrogens with zero attached hydrogens (tertiary/aromatic N) is 1. The summed E-state index contributed by atoms with van der Waals surface area (Å²) in [4.78, 5) is 0. The molecule has 0 radical (unpaired) electrons. The van der Waals surface area contributed by atoms with Crippen LogP contribution in [0.25, 0.3) is 0 Å². The van der Waals surface area contributed by atoms with Crippen molar-refractivity contribution in [3.8, 4) is 23.0 Å². The monoisotopic (exact) mass is 338 g/mol. The van der Waals surface area contributed by atoms with Crippen LogP contribution in [0.4, 0.5) is 0 Å². The van der Waals surface area contributed by atoms with Crippen LogP contribution in [0.3, 0.4) is 0 Å². The number of likely N-dealkylation sites (N-methyl/N-ethyl adjacent to an activating group) is 1. The number of ether oxygens (including phenoxy) is 4. The van der Waals surface area contributed by atoms with Gasteiger partial charge in [-0.25, -0.2) is 0 Å². The summed E-state index contributed by atoms with van der Waals surface area (Å²) in [5, 5.41) is 0. The van der Waals surface area contributed by atoms with Crippen LogP contribution in [0, 0.1) is 0 Å². The van der Waals surface area contributed by atoms with Crippen molar-refractivity contribution in [3.05, 3.63) is 46.5 Å². The standard InChI is InChI=1S/C20H20NO4/c1-21(2)15-3-11-5-17-19(24-9-22-17)7-13(11)16(21)4-12-6-18-20(8-14(12)15)25-10-23-18/h5-8,15-16H,3-4,9-10H2,1-2H3/q+1. The molecule has 2 bridgehead atoms. The Kier molecular flexibility index (Phi) is 2.44. The molecule has 2 aromatic carbocycles. The first-order valence-electron chi connectivity index (χ1n) is 8.79. The first kappa shape index (κ1) is 13.8. The smallest absolute Gasteiger partial charge is 0.231 e. The molecule has 0 saturated carbocycles. The minimum absolute atomic E-state index is 0.326. The topological polar surface area (TPSA) is 36.9 Å². The van der Waals surface area contributed by atoms with Gasteiger partial charge >= 0.3 is 0 Å². The van der Waals surface area contributed by atoms with Gasteiger partial charge in [-0.2, -0.15) is 0 Å². The van der Waals surface area contributed by atoms with E-state index in [2.05, 4.69) is 38.4 Å². The Morgan fingerprint density at radius 2 is 1.08 bits per heavy atom. The molecule has 0 aliphatic carbocycles. The van der Waals surface area contributed by atoms with Gasteiger partial charge in [0.1, 0.15) is 12.1 Å². The lowest BCUT2D eigenvalue weighted by Crippen LogP contribution is -2.53. The molecular weight excluding hydrogens is 318 g/mol. The normalized spacial score (nSPS) is 26.2. The fraction of sp³-hybridized carbons (Fsp3) is 0.400. The fourth-order valence-electron chi connectivity index (χ4n) is 5.01. The van der Waals surface area contributed by atoms with Crippen LogP contribution in [0.1, 0.15) is 34.3 Å². The minimum Gasteiger partial charge on any atom is -0.454 e. The second kappa shape index (κ2) is 4.41. The molecule has 2 aromatic rings. The van der Waals surface area contributed by atoms with Crippen LogP contribution in [0.2, 0.25) is 0 Å². The number of hydrogen-bond donors (Lipinski definition) is 0. The highest BCUT2D eigenvalue weighted by molar-refractivity contribution is 5.55. The lowest BCUT2D eigenvalue weighted by atomic mass is 9.75. The SMILES string of the molecule is C[N+]1(C)C2Cc3cc4c(cc3C1Cc1cc3c(cc12)OCO3)OCO4. The number of rotatable bonds is 0. The van der Waals surface area contributed by atoms with Crippen LogP contribution in [0.5, 0.6) is 23.0 Å². The number of quaternary nitrogens is 1. The Labute approximate surface area is 146 Å². The highest BCUT2D eigenvalue weighted by Crippen LogP contribution is 2.54. The maximum absolute atomic E-state index is 5.63. The molecule has 25 heavy (non-hydrogen) atoms. The Balaban J connectivity index is 1.54. The summed E-state index contributed by atoms with van der Waals surface area (Å²) in [5.41, 5.74) is 5.57. The zero-order valence-corrected chi connectivity index (χ0v) is 14.4. The van der Waals surface area contributed by atoms with E-state index in [1.807, 2.05) is 0 Å². The Morgan fingerprint density at radius 1 is 0.680 bits per heavy atom. The zero-order valence-electron chi connectivity index (χ0n) is 14.4. The molecule has 0 saturated heterocycles. The molecule has 0 spiro atoms. The summed E-state index contributed by atoms with van der Waals surface area (Å²) in [6.07, 6.45) is 2.00. The largest absolute Gasteiger partial charge is 0.454 e. The summed E-state index contributed by atoms with van der Waals surface area (Å²) in [6.45, 7) is 0.651. The van der Waals surface area contributed by atoms with E-state index in [9.17, 15) is 0 Å².